The van der Waals surface area contributed by atoms with Crippen LogP contribution in [0.5, 0.6) is 0 Å². The molecule has 0 unspecified atom stereocenters. The van der Waals surface area contributed by atoms with Crippen LogP contribution in [0, 0.1) is 12.7 Å². The standard InChI is InChI=1S/C14H10BrClFN3/c1-8-5-11-14(18-7-8)20(12(6-16)19-11)13-9(15)3-2-4-10(13)17/h2-5,7H,6H2,1H3. The Morgan fingerprint density at radius 2 is 2.20 bits per heavy atom. The lowest BCUT2D eigenvalue weighted by Crippen LogP contribution is -2.04. The van der Waals surface area contributed by atoms with Crippen molar-refractivity contribution >= 4 is 38.7 Å². The van der Waals surface area contributed by atoms with Gasteiger partial charge in [-0.2, -0.15) is 0 Å². The Morgan fingerprint density at radius 3 is 2.90 bits per heavy atom. The van der Waals surface area contributed by atoms with Crippen molar-refractivity contribution in [2.24, 2.45) is 0 Å². The van der Waals surface area contributed by atoms with Gasteiger partial charge in [0.25, 0.3) is 0 Å². The Balaban J connectivity index is 2.40. The van der Waals surface area contributed by atoms with Crippen LogP contribution in [0.1, 0.15) is 11.4 Å². The summed E-state index contributed by atoms with van der Waals surface area (Å²) in [6, 6.07) is 6.72. The van der Waals surface area contributed by atoms with Gasteiger partial charge in [0.1, 0.15) is 17.2 Å². The Kier molecular flexibility index (Phi) is 3.48. The van der Waals surface area contributed by atoms with Crippen LogP contribution >= 0.6 is 27.5 Å². The molecule has 2 heterocycles. The predicted molar refractivity (Wildman–Crippen MR) is 80.8 cm³/mol. The normalized spacial score (nSPS) is 11.2. The molecule has 0 fully saturated rings. The predicted octanol–water partition coefficient (Wildman–Crippen LogP) is 4.37. The van der Waals surface area contributed by atoms with Crippen LogP contribution in [0.4, 0.5) is 4.39 Å². The maximum absolute atomic E-state index is 14.2. The van der Waals surface area contributed by atoms with Crippen LogP contribution in [0.25, 0.3) is 16.9 Å². The molecular weight excluding hydrogens is 345 g/mol. The number of para-hydroxylation sites is 1. The van der Waals surface area contributed by atoms with E-state index in [1.54, 1.807) is 22.9 Å². The zero-order valence-electron chi connectivity index (χ0n) is 10.6. The highest BCUT2D eigenvalue weighted by Crippen LogP contribution is 2.29. The van der Waals surface area contributed by atoms with E-state index in [1.807, 2.05) is 13.0 Å². The highest BCUT2D eigenvalue weighted by atomic mass is 79.9. The first-order valence-corrected chi connectivity index (χ1v) is 7.29. The maximum Gasteiger partial charge on any atom is 0.164 e. The Labute approximate surface area is 128 Å². The third-order valence-corrected chi connectivity index (χ3v) is 3.86. The third-order valence-electron chi connectivity index (χ3n) is 2.98. The number of hydrogen-bond donors (Lipinski definition) is 0. The third kappa shape index (κ3) is 2.11. The molecule has 0 saturated carbocycles. The van der Waals surface area contributed by atoms with E-state index >= 15 is 0 Å². The van der Waals surface area contributed by atoms with Gasteiger partial charge in [0.2, 0.25) is 0 Å². The summed E-state index contributed by atoms with van der Waals surface area (Å²) in [7, 11) is 0. The summed E-state index contributed by atoms with van der Waals surface area (Å²) in [4.78, 5) is 8.79. The van der Waals surface area contributed by atoms with Crippen LogP contribution < -0.4 is 0 Å². The SMILES string of the molecule is Cc1cnc2c(c1)nc(CCl)n2-c1c(F)cccc1Br. The van der Waals surface area contributed by atoms with Crippen LogP contribution in [-0.2, 0) is 5.88 Å². The number of aryl methyl sites for hydroxylation is 1. The topological polar surface area (TPSA) is 30.7 Å². The van der Waals surface area contributed by atoms with Gasteiger partial charge in [0.15, 0.2) is 5.65 Å². The fraction of sp³-hybridized carbons (Fsp3) is 0.143. The van der Waals surface area contributed by atoms with Crippen LogP contribution in [0.2, 0.25) is 0 Å². The quantitative estimate of drug-likeness (QED) is 0.640. The van der Waals surface area contributed by atoms with Gasteiger partial charge in [0.05, 0.1) is 11.6 Å². The van der Waals surface area contributed by atoms with Gasteiger partial charge < -0.3 is 0 Å². The second-order valence-corrected chi connectivity index (χ2v) is 5.54. The number of benzene rings is 1. The zero-order chi connectivity index (χ0) is 14.3. The Bertz CT molecular complexity index is 780. The van der Waals surface area contributed by atoms with Crippen molar-refractivity contribution in [2.45, 2.75) is 12.8 Å². The van der Waals surface area contributed by atoms with Gasteiger partial charge in [-0.3, -0.25) is 4.57 Å². The van der Waals surface area contributed by atoms with E-state index in [0.29, 0.717) is 27.1 Å². The monoisotopic (exact) mass is 353 g/mol. The molecule has 0 atom stereocenters. The molecule has 1 aromatic carbocycles. The van der Waals surface area contributed by atoms with E-state index < -0.39 is 0 Å². The molecule has 0 amide bonds. The molecule has 0 spiro atoms. The molecule has 20 heavy (non-hydrogen) atoms. The van der Waals surface area contributed by atoms with E-state index in [1.165, 1.54) is 6.07 Å². The van der Waals surface area contributed by atoms with Crippen molar-refractivity contribution in [3.8, 4) is 5.69 Å². The van der Waals surface area contributed by atoms with Gasteiger partial charge in [-0.1, -0.05) is 6.07 Å². The highest BCUT2D eigenvalue weighted by Gasteiger charge is 2.18. The molecule has 0 radical (unpaired) electrons. The first-order chi connectivity index (χ1) is 9.61. The van der Waals surface area contributed by atoms with Crippen LogP contribution in [0.15, 0.2) is 34.9 Å². The van der Waals surface area contributed by atoms with Gasteiger partial charge in [0, 0.05) is 10.7 Å². The molecule has 0 aliphatic heterocycles. The van der Waals surface area contributed by atoms with Crippen molar-refractivity contribution in [2.75, 3.05) is 0 Å². The smallest absolute Gasteiger partial charge is 0.164 e. The molecule has 102 valence electrons. The highest BCUT2D eigenvalue weighted by molar-refractivity contribution is 9.10. The molecule has 3 aromatic rings. The number of aromatic nitrogens is 3. The summed E-state index contributed by atoms with van der Waals surface area (Å²) in [6.45, 7) is 1.94. The number of imidazole rings is 1. The number of rotatable bonds is 2. The zero-order valence-corrected chi connectivity index (χ0v) is 12.9. The molecule has 0 saturated heterocycles. The van der Waals surface area contributed by atoms with E-state index in [2.05, 4.69) is 25.9 Å². The number of pyridine rings is 1. The summed E-state index contributed by atoms with van der Waals surface area (Å²) >= 11 is 9.32. The second-order valence-electron chi connectivity index (χ2n) is 4.42. The number of nitrogens with zero attached hydrogens (tertiary/aromatic N) is 3. The summed E-state index contributed by atoms with van der Waals surface area (Å²) in [5.41, 5.74) is 2.67. The molecule has 2 aromatic heterocycles. The second kappa shape index (κ2) is 5.14. The molecule has 0 aliphatic carbocycles. The number of fused-ring (bicyclic) bond motifs is 1. The van der Waals surface area contributed by atoms with Crippen molar-refractivity contribution in [1.82, 2.24) is 14.5 Å². The lowest BCUT2D eigenvalue weighted by molar-refractivity contribution is 0.616. The molecular formula is C14H10BrClFN3. The van der Waals surface area contributed by atoms with Crippen molar-refractivity contribution in [3.05, 3.63) is 52.1 Å². The largest absolute Gasteiger partial charge is 0.276 e. The van der Waals surface area contributed by atoms with Gasteiger partial charge >= 0.3 is 0 Å². The first-order valence-electron chi connectivity index (χ1n) is 5.96. The lowest BCUT2D eigenvalue weighted by atomic mass is 10.3. The van der Waals surface area contributed by atoms with E-state index in [-0.39, 0.29) is 11.7 Å². The molecule has 3 rings (SSSR count). The lowest BCUT2D eigenvalue weighted by Gasteiger charge is -2.10. The number of hydrogen-bond acceptors (Lipinski definition) is 2. The fourth-order valence-electron chi connectivity index (χ4n) is 2.14. The minimum absolute atomic E-state index is 0.177. The molecule has 0 aliphatic rings. The minimum atomic E-state index is -0.354. The first kappa shape index (κ1) is 13.5. The molecule has 6 heteroatoms. The van der Waals surface area contributed by atoms with E-state index in [9.17, 15) is 4.39 Å². The molecule has 0 bridgehead atoms. The van der Waals surface area contributed by atoms with Gasteiger partial charge in [-0.05, 0) is 46.6 Å². The van der Waals surface area contributed by atoms with Crippen LogP contribution in [0.3, 0.4) is 0 Å². The minimum Gasteiger partial charge on any atom is -0.276 e. The summed E-state index contributed by atoms with van der Waals surface area (Å²) in [6.07, 6.45) is 1.73. The summed E-state index contributed by atoms with van der Waals surface area (Å²) in [5.74, 6) is 0.383. The summed E-state index contributed by atoms with van der Waals surface area (Å²) < 4.78 is 16.5. The van der Waals surface area contributed by atoms with Crippen molar-refractivity contribution in [3.63, 3.8) is 0 Å². The van der Waals surface area contributed by atoms with Crippen LogP contribution in [-0.4, -0.2) is 14.5 Å². The maximum atomic E-state index is 14.2. The van der Waals surface area contributed by atoms with Gasteiger partial charge in [-0.15, -0.1) is 11.6 Å². The number of halogens is 3. The van der Waals surface area contributed by atoms with Gasteiger partial charge in [-0.25, -0.2) is 14.4 Å². The fourth-order valence-corrected chi connectivity index (χ4v) is 2.84. The average Bonchev–Trinajstić information content (AvgIpc) is 2.76. The molecule has 0 N–H and O–H groups in total. The average molecular weight is 355 g/mol. The van der Waals surface area contributed by atoms with Crippen molar-refractivity contribution < 1.29 is 4.39 Å². The molecule has 3 nitrogen and oxygen atoms in total. The van der Waals surface area contributed by atoms with E-state index in [4.69, 9.17) is 11.6 Å². The Hall–Kier alpha value is -1.46. The van der Waals surface area contributed by atoms with E-state index in [0.717, 1.165) is 5.56 Å². The number of alkyl halides is 1. The van der Waals surface area contributed by atoms with Crippen molar-refractivity contribution in [1.29, 1.82) is 0 Å². The summed E-state index contributed by atoms with van der Waals surface area (Å²) in [5, 5.41) is 0. The Morgan fingerprint density at radius 1 is 1.40 bits per heavy atom.